The first-order chi connectivity index (χ1) is 12.0. The molecule has 2 aromatic rings. The molecule has 3 N–H and O–H groups in total. The van der Waals surface area contributed by atoms with Crippen LogP contribution in [0.1, 0.15) is 15.9 Å². The van der Waals surface area contributed by atoms with Gasteiger partial charge in [0, 0.05) is 18.7 Å². The van der Waals surface area contributed by atoms with Crippen molar-refractivity contribution in [1.82, 2.24) is 10.2 Å². The Balaban J connectivity index is 1.60. The third kappa shape index (κ3) is 4.39. The van der Waals surface area contributed by atoms with Gasteiger partial charge in [-0.15, -0.1) is 0 Å². The van der Waals surface area contributed by atoms with Crippen molar-refractivity contribution in [3.8, 4) is 11.5 Å². The number of hydrogen-bond acceptors (Lipinski definition) is 4. The molecule has 0 spiro atoms. The average Bonchev–Trinajstić information content (AvgIpc) is 2.96. The van der Waals surface area contributed by atoms with Crippen LogP contribution in [0.25, 0.3) is 0 Å². The number of benzene rings is 2. The summed E-state index contributed by atoms with van der Waals surface area (Å²) in [5.74, 6) is 1.26. The molecule has 1 amide bonds. The van der Waals surface area contributed by atoms with Crippen molar-refractivity contribution in [3.63, 3.8) is 0 Å². The molecule has 0 saturated carbocycles. The number of nitrogens with one attached hydrogen (secondary N) is 1. The highest BCUT2D eigenvalue weighted by Gasteiger charge is 2.36. The largest absolute Gasteiger partial charge is 0.731 e. The van der Waals surface area contributed by atoms with Gasteiger partial charge in [0.2, 0.25) is 0 Å². The van der Waals surface area contributed by atoms with Crippen molar-refractivity contribution in [2.75, 3.05) is 27.2 Å². The van der Waals surface area contributed by atoms with Crippen LogP contribution >= 0.6 is 0 Å². The zero-order valence-corrected chi connectivity index (χ0v) is 14.4. The minimum atomic E-state index is -0.602. The van der Waals surface area contributed by atoms with Gasteiger partial charge in [0.25, 0.3) is 5.91 Å². The molecule has 0 aliphatic carbocycles. The van der Waals surface area contributed by atoms with Gasteiger partial charge in [-0.05, 0) is 56.1 Å². The van der Waals surface area contributed by atoms with Crippen LogP contribution in [0.3, 0.4) is 0 Å². The van der Waals surface area contributed by atoms with Crippen molar-refractivity contribution >= 4 is 18.5 Å². The van der Waals surface area contributed by atoms with Gasteiger partial charge >= 0.3 is 7.12 Å². The van der Waals surface area contributed by atoms with Gasteiger partial charge in [-0.2, -0.15) is 0 Å². The highest BCUT2D eigenvalue weighted by atomic mass is 16.5. The molecule has 25 heavy (non-hydrogen) atoms. The minimum absolute atomic E-state index is 0.0930. The number of nitrogens with zero attached hydrogens (tertiary/aromatic N) is 1. The van der Waals surface area contributed by atoms with Crippen LogP contribution in [-0.4, -0.2) is 50.1 Å². The number of fused-ring (bicyclic) bond motifs is 1. The summed E-state index contributed by atoms with van der Waals surface area (Å²) in [5.41, 5.74) is 2.47. The quantitative estimate of drug-likeness (QED) is 0.621. The molecule has 0 atom stereocenters. The van der Waals surface area contributed by atoms with Gasteiger partial charge in [-0.3, -0.25) is 4.79 Å². The van der Waals surface area contributed by atoms with Crippen LogP contribution in [0, 0.1) is 0 Å². The van der Waals surface area contributed by atoms with Gasteiger partial charge in [-0.1, -0.05) is 6.07 Å². The number of likely N-dealkylation sites (N-methyl/N-ethyl adjacent to an activating group) is 1. The lowest BCUT2D eigenvalue weighted by Gasteiger charge is -2.11. The maximum Gasteiger partial charge on any atom is 0.731 e. The number of carbonyl (C=O) groups excluding carboxylic acids is 1. The Morgan fingerprint density at radius 1 is 1.24 bits per heavy atom. The Morgan fingerprint density at radius 3 is 2.68 bits per heavy atom. The van der Waals surface area contributed by atoms with Gasteiger partial charge in [-0.25, -0.2) is 0 Å². The van der Waals surface area contributed by atoms with E-state index in [1.807, 2.05) is 37.2 Å². The lowest BCUT2D eigenvalue weighted by atomic mass is 9.80. The summed E-state index contributed by atoms with van der Waals surface area (Å²) in [4.78, 5) is 14.1. The predicted octanol–water partition coefficient (Wildman–Crippen LogP) is 0.720. The van der Waals surface area contributed by atoms with E-state index in [1.54, 1.807) is 24.3 Å². The first-order valence-corrected chi connectivity index (χ1v) is 8.19. The summed E-state index contributed by atoms with van der Waals surface area (Å²) in [6.07, 6.45) is 0. The Labute approximate surface area is 147 Å². The third-order valence-electron chi connectivity index (χ3n) is 4.00. The fourth-order valence-corrected chi connectivity index (χ4v) is 2.59. The molecule has 2 aromatic carbocycles. The van der Waals surface area contributed by atoms with E-state index < -0.39 is 7.12 Å². The highest BCUT2D eigenvalue weighted by molar-refractivity contribution is 6.61. The average molecular weight is 341 g/mol. The number of rotatable bonds is 6. The van der Waals surface area contributed by atoms with Crippen LogP contribution in [-0.2, 0) is 11.3 Å². The second-order valence-electron chi connectivity index (χ2n) is 6.24. The van der Waals surface area contributed by atoms with Crippen LogP contribution < -0.4 is 15.5 Å². The summed E-state index contributed by atoms with van der Waals surface area (Å²) in [6, 6.07) is 12.6. The minimum Gasteiger partial charge on any atom is -0.522 e. The molecule has 0 bridgehead atoms. The SMILES string of the molecule is CN(C)CCNC(=O)c1ccc(Oc2ccc3c(c2)COB3[OH2+])cc1. The zero-order valence-electron chi connectivity index (χ0n) is 14.4. The highest BCUT2D eigenvalue weighted by Crippen LogP contribution is 2.24. The van der Waals surface area contributed by atoms with E-state index in [9.17, 15) is 4.79 Å². The maximum atomic E-state index is 12.1. The van der Waals surface area contributed by atoms with Gasteiger partial charge in [0.05, 0.1) is 12.1 Å². The van der Waals surface area contributed by atoms with Crippen molar-refractivity contribution in [2.45, 2.75) is 6.61 Å². The van der Waals surface area contributed by atoms with Crippen LogP contribution in [0.2, 0.25) is 0 Å². The first-order valence-electron chi connectivity index (χ1n) is 8.19. The summed E-state index contributed by atoms with van der Waals surface area (Å²) >= 11 is 0. The fourth-order valence-electron chi connectivity index (χ4n) is 2.59. The van der Waals surface area contributed by atoms with Crippen molar-refractivity contribution in [2.24, 2.45) is 0 Å². The summed E-state index contributed by atoms with van der Waals surface area (Å²) in [6.45, 7) is 1.85. The second-order valence-corrected chi connectivity index (χ2v) is 6.24. The van der Waals surface area contributed by atoms with E-state index in [4.69, 9.17) is 14.4 Å². The fraction of sp³-hybridized carbons (Fsp3) is 0.278. The Hall–Kier alpha value is -2.35. The van der Waals surface area contributed by atoms with E-state index >= 15 is 0 Å². The van der Waals surface area contributed by atoms with E-state index in [-0.39, 0.29) is 5.91 Å². The number of ether oxygens (including phenoxy) is 1. The molecule has 1 heterocycles. The van der Waals surface area contributed by atoms with Crippen LogP contribution in [0.4, 0.5) is 0 Å². The molecule has 3 rings (SSSR count). The van der Waals surface area contributed by atoms with Crippen LogP contribution in [0.15, 0.2) is 42.5 Å². The Bertz CT molecular complexity index is 749. The van der Waals surface area contributed by atoms with Crippen molar-refractivity contribution in [1.29, 1.82) is 0 Å². The predicted molar refractivity (Wildman–Crippen MR) is 97.6 cm³/mol. The van der Waals surface area contributed by atoms with Crippen LogP contribution in [0.5, 0.6) is 11.5 Å². The molecule has 0 aromatic heterocycles. The molecule has 0 radical (unpaired) electrons. The van der Waals surface area contributed by atoms with E-state index in [2.05, 4.69) is 5.32 Å². The number of hydrogen-bond donors (Lipinski definition) is 1. The van der Waals surface area contributed by atoms with Gasteiger partial charge in [0.1, 0.15) is 11.5 Å². The lowest BCUT2D eigenvalue weighted by molar-refractivity contribution is 0.0951. The van der Waals surface area contributed by atoms with Gasteiger partial charge < -0.3 is 24.6 Å². The molecule has 0 unspecified atom stereocenters. The number of carbonyl (C=O) groups is 1. The Morgan fingerprint density at radius 2 is 1.96 bits per heavy atom. The first kappa shape index (κ1) is 17.5. The lowest BCUT2D eigenvalue weighted by Crippen LogP contribution is -2.31. The standard InChI is InChI=1S/C18H21BN2O4/c1-21(2)10-9-20-18(22)13-3-5-15(6-4-13)25-16-7-8-17-14(11-16)12-24-19(17)23/h3-8,11,23H,9-10,12H2,1-2H3,(H,20,22)/p+1. The monoisotopic (exact) mass is 341 g/mol. The zero-order chi connectivity index (χ0) is 17.8. The second kappa shape index (κ2) is 7.69. The summed E-state index contributed by atoms with van der Waals surface area (Å²) in [7, 11) is 3.33. The molecule has 0 saturated heterocycles. The summed E-state index contributed by atoms with van der Waals surface area (Å²) < 4.78 is 11.1. The van der Waals surface area contributed by atoms with Crippen molar-refractivity contribution < 1.29 is 19.2 Å². The molecule has 130 valence electrons. The molecule has 0 fully saturated rings. The number of amides is 1. The normalized spacial score (nSPS) is 13.0. The topological polar surface area (TPSA) is 73.7 Å². The molecular formula is C18H22BN2O4+. The summed E-state index contributed by atoms with van der Waals surface area (Å²) in [5, 5.41) is 10.6. The molecular weight excluding hydrogens is 319 g/mol. The molecule has 1 aliphatic rings. The van der Waals surface area contributed by atoms with E-state index in [0.29, 0.717) is 30.2 Å². The molecule has 7 heteroatoms. The third-order valence-corrected chi connectivity index (χ3v) is 4.00. The van der Waals surface area contributed by atoms with Crippen molar-refractivity contribution in [3.05, 3.63) is 53.6 Å². The maximum absolute atomic E-state index is 12.1. The smallest absolute Gasteiger partial charge is 0.522 e. The van der Waals surface area contributed by atoms with E-state index in [1.165, 1.54) is 0 Å². The van der Waals surface area contributed by atoms with E-state index in [0.717, 1.165) is 17.6 Å². The molecule has 6 nitrogen and oxygen atoms in total. The molecule has 1 aliphatic heterocycles. The van der Waals surface area contributed by atoms with Gasteiger partial charge in [0.15, 0.2) is 0 Å². The Kier molecular flexibility index (Phi) is 5.38.